The predicted molar refractivity (Wildman–Crippen MR) is 86.1 cm³/mol. The third-order valence-electron chi connectivity index (χ3n) is 3.64. The monoisotopic (exact) mass is 328 g/mol. The molecule has 0 radical (unpaired) electrons. The number of halogens is 1. The Labute approximate surface area is 137 Å². The number of amides is 2. The average molecular weight is 329 g/mol. The first-order valence-electron chi connectivity index (χ1n) is 7.02. The van der Waals surface area contributed by atoms with Crippen molar-refractivity contribution in [1.82, 2.24) is 5.32 Å². The highest BCUT2D eigenvalue weighted by Gasteiger charge is 2.39. The van der Waals surface area contributed by atoms with Gasteiger partial charge in [0.15, 0.2) is 0 Å². The highest BCUT2D eigenvalue weighted by Crippen LogP contribution is 2.32. The van der Waals surface area contributed by atoms with Crippen LogP contribution in [0.15, 0.2) is 48.5 Å². The number of anilines is 1. The molecule has 1 aliphatic heterocycles. The summed E-state index contributed by atoms with van der Waals surface area (Å²) in [5.74, 6) is -3.10. The maximum atomic E-state index is 12.3. The molecule has 1 heterocycles. The lowest BCUT2D eigenvalue weighted by atomic mass is 9.95. The van der Waals surface area contributed by atoms with Crippen LogP contribution in [0.1, 0.15) is 17.0 Å². The van der Waals surface area contributed by atoms with Crippen molar-refractivity contribution in [3.05, 3.63) is 64.7 Å². The molecule has 0 saturated carbocycles. The van der Waals surface area contributed by atoms with E-state index in [1.54, 1.807) is 48.5 Å². The zero-order valence-electron chi connectivity index (χ0n) is 12.0. The first kappa shape index (κ1) is 15.2. The molecule has 0 spiro atoms. The quantitative estimate of drug-likeness (QED) is 0.667. The van der Waals surface area contributed by atoms with Crippen LogP contribution in [0, 0.1) is 0 Å². The second kappa shape index (κ2) is 6.22. The van der Waals surface area contributed by atoms with Crippen molar-refractivity contribution < 1.29 is 14.4 Å². The first-order chi connectivity index (χ1) is 11.1. The molecule has 2 aromatic carbocycles. The molecule has 1 unspecified atom stereocenters. The largest absolute Gasteiger partial charge is 0.345 e. The Morgan fingerprint density at radius 1 is 1.09 bits per heavy atom. The van der Waals surface area contributed by atoms with Gasteiger partial charge in [0.05, 0.1) is 0 Å². The van der Waals surface area contributed by atoms with E-state index in [0.717, 1.165) is 5.56 Å². The molecule has 2 aromatic rings. The van der Waals surface area contributed by atoms with Crippen molar-refractivity contribution >= 4 is 34.9 Å². The van der Waals surface area contributed by atoms with Crippen molar-refractivity contribution in [2.75, 3.05) is 5.32 Å². The highest BCUT2D eigenvalue weighted by molar-refractivity contribution is 6.44. The zero-order valence-corrected chi connectivity index (χ0v) is 12.8. The molecular weight excluding hydrogens is 316 g/mol. The van der Waals surface area contributed by atoms with Crippen molar-refractivity contribution in [1.29, 1.82) is 0 Å². The summed E-state index contributed by atoms with van der Waals surface area (Å²) in [5.41, 5.74) is 1.91. The Morgan fingerprint density at radius 2 is 1.78 bits per heavy atom. The number of nitrogens with one attached hydrogen (secondary N) is 2. The first-order valence-corrected chi connectivity index (χ1v) is 7.40. The van der Waals surface area contributed by atoms with E-state index in [2.05, 4.69) is 10.6 Å². The normalized spacial score (nSPS) is 15.7. The van der Waals surface area contributed by atoms with Gasteiger partial charge in [-0.2, -0.15) is 0 Å². The molecule has 2 amide bonds. The number of rotatable bonds is 4. The van der Waals surface area contributed by atoms with E-state index >= 15 is 0 Å². The van der Waals surface area contributed by atoms with E-state index in [1.165, 1.54) is 0 Å². The molecule has 23 heavy (non-hydrogen) atoms. The fourth-order valence-corrected chi connectivity index (χ4v) is 2.60. The third kappa shape index (κ3) is 3.10. The highest BCUT2D eigenvalue weighted by atomic mass is 35.5. The Hall–Kier alpha value is -2.66. The maximum Gasteiger partial charge on any atom is 0.288 e. The number of hydrogen-bond acceptors (Lipinski definition) is 3. The number of carbonyl (C=O) groups excluding carboxylic acids is 3. The second-order valence-electron chi connectivity index (χ2n) is 5.18. The fraction of sp³-hybridized carbons (Fsp3) is 0.118. The summed E-state index contributed by atoms with van der Waals surface area (Å²) in [4.78, 5) is 36.3. The van der Waals surface area contributed by atoms with Crippen LogP contribution >= 0.6 is 11.6 Å². The van der Waals surface area contributed by atoms with Gasteiger partial charge in [-0.1, -0.05) is 41.9 Å². The molecule has 6 heteroatoms. The third-order valence-corrected chi connectivity index (χ3v) is 3.90. The van der Waals surface area contributed by atoms with Crippen LogP contribution in [0.3, 0.4) is 0 Å². The average Bonchev–Trinajstić information content (AvgIpc) is 2.89. The van der Waals surface area contributed by atoms with Crippen molar-refractivity contribution in [3.8, 4) is 0 Å². The molecule has 0 saturated heterocycles. The van der Waals surface area contributed by atoms with Crippen molar-refractivity contribution in [2.24, 2.45) is 0 Å². The lowest BCUT2D eigenvalue weighted by Gasteiger charge is -2.09. The molecule has 1 aliphatic rings. The number of fused-ring (bicyclic) bond motifs is 1. The zero-order chi connectivity index (χ0) is 16.4. The molecular formula is C17H13ClN2O3. The summed E-state index contributed by atoms with van der Waals surface area (Å²) in [6, 6.07) is 13.8. The van der Waals surface area contributed by atoms with Gasteiger partial charge in [-0.3, -0.25) is 14.4 Å². The lowest BCUT2D eigenvalue weighted by Crippen LogP contribution is -2.36. The van der Waals surface area contributed by atoms with E-state index in [1.807, 2.05) is 0 Å². The Morgan fingerprint density at radius 3 is 2.52 bits per heavy atom. The summed E-state index contributed by atoms with van der Waals surface area (Å²) in [6.07, 6.45) is 0. The smallest absolute Gasteiger partial charge is 0.288 e. The van der Waals surface area contributed by atoms with Crippen LogP contribution in [0.25, 0.3) is 0 Å². The Balaban J connectivity index is 1.69. The second-order valence-corrected chi connectivity index (χ2v) is 5.62. The molecule has 0 fully saturated rings. The molecule has 5 nitrogen and oxygen atoms in total. The van der Waals surface area contributed by atoms with Gasteiger partial charge in [-0.25, -0.2) is 0 Å². The topological polar surface area (TPSA) is 75.3 Å². The van der Waals surface area contributed by atoms with Gasteiger partial charge >= 0.3 is 0 Å². The van der Waals surface area contributed by atoms with Crippen LogP contribution < -0.4 is 10.6 Å². The SMILES string of the molecule is O=C(NCc1ccc(Cl)cc1)C(=O)C1C(=O)Nc2ccccc21. The van der Waals surface area contributed by atoms with Gasteiger partial charge in [-0.15, -0.1) is 0 Å². The molecule has 116 valence electrons. The van der Waals surface area contributed by atoms with E-state index in [-0.39, 0.29) is 6.54 Å². The molecule has 1 atom stereocenters. The minimum absolute atomic E-state index is 0.192. The van der Waals surface area contributed by atoms with E-state index < -0.39 is 23.5 Å². The van der Waals surface area contributed by atoms with E-state index in [4.69, 9.17) is 11.6 Å². The fourth-order valence-electron chi connectivity index (χ4n) is 2.47. The molecule has 0 bridgehead atoms. The van der Waals surface area contributed by atoms with Crippen LogP contribution in [0.2, 0.25) is 5.02 Å². The van der Waals surface area contributed by atoms with Crippen LogP contribution in [-0.2, 0) is 20.9 Å². The van der Waals surface area contributed by atoms with E-state index in [9.17, 15) is 14.4 Å². The Kier molecular flexibility index (Phi) is 4.12. The standard InChI is InChI=1S/C17H13ClN2O3/c18-11-7-5-10(6-8-11)9-19-17(23)15(21)14-12-3-1-2-4-13(12)20-16(14)22/h1-8,14H,9H2,(H,19,23)(H,20,22). The predicted octanol–water partition coefficient (Wildman–Crippen LogP) is 2.26. The number of hydrogen-bond donors (Lipinski definition) is 2. The lowest BCUT2D eigenvalue weighted by molar-refractivity contribution is -0.140. The van der Waals surface area contributed by atoms with Gasteiger partial charge in [-0.05, 0) is 29.3 Å². The summed E-state index contributed by atoms with van der Waals surface area (Å²) in [6.45, 7) is 0.192. The van der Waals surface area contributed by atoms with Crippen LogP contribution in [0.4, 0.5) is 5.69 Å². The van der Waals surface area contributed by atoms with Gasteiger partial charge in [0.2, 0.25) is 11.7 Å². The van der Waals surface area contributed by atoms with E-state index in [0.29, 0.717) is 16.3 Å². The van der Waals surface area contributed by atoms with Gasteiger partial charge in [0.25, 0.3) is 5.91 Å². The van der Waals surface area contributed by atoms with Crippen molar-refractivity contribution in [3.63, 3.8) is 0 Å². The van der Waals surface area contributed by atoms with Gasteiger partial charge in [0, 0.05) is 17.3 Å². The maximum absolute atomic E-state index is 12.3. The molecule has 0 aromatic heterocycles. The summed E-state index contributed by atoms with van der Waals surface area (Å²) in [7, 11) is 0. The molecule has 2 N–H and O–H groups in total. The molecule has 3 rings (SSSR count). The van der Waals surface area contributed by atoms with Crippen LogP contribution in [0.5, 0.6) is 0 Å². The summed E-state index contributed by atoms with van der Waals surface area (Å²) >= 11 is 5.79. The van der Waals surface area contributed by atoms with Crippen LogP contribution in [-0.4, -0.2) is 17.6 Å². The Bertz CT molecular complexity index is 787. The minimum atomic E-state index is -1.09. The molecule has 0 aliphatic carbocycles. The number of benzene rings is 2. The number of carbonyl (C=O) groups is 3. The number of para-hydroxylation sites is 1. The summed E-state index contributed by atoms with van der Waals surface area (Å²) in [5, 5.41) is 5.74. The summed E-state index contributed by atoms with van der Waals surface area (Å²) < 4.78 is 0. The number of ketones is 1. The van der Waals surface area contributed by atoms with Gasteiger partial charge < -0.3 is 10.6 Å². The minimum Gasteiger partial charge on any atom is -0.345 e. The van der Waals surface area contributed by atoms with Gasteiger partial charge in [0.1, 0.15) is 5.92 Å². The van der Waals surface area contributed by atoms with Crippen molar-refractivity contribution in [2.45, 2.75) is 12.5 Å². The number of Topliss-reactive ketones (excluding diaryl/α,β-unsaturated/α-hetero) is 1.